The van der Waals surface area contributed by atoms with Crippen LogP contribution in [0, 0.1) is 5.82 Å². The second-order valence-electron chi connectivity index (χ2n) is 7.97. The van der Waals surface area contributed by atoms with Crippen LogP contribution in [-0.4, -0.2) is 48.7 Å². The molecular formula is C23H27FN5O2+. The Morgan fingerprint density at radius 3 is 2.74 bits per heavy atom. The Kier molecular flexibility index (Phi) is 5.99. The maximum atomic E-state index is 15.0. The monoisotopic (exact) mass is 424 g/mol. The molecule has 31 heavy (non-hydrogen) atoms. The summed E-state index contributed by atoms with van der Waals surface area (Å²) in [5.41, 5.74) is 1.52. The molecule has 0 saturated carbocycles. The van der Waals surface area contributed by atoms with Gasteiger partial charge >= 0.3 is 0 Å². The molecule has 3 aromatic rings. The Hall–Kier alpha value is -3.26. The van der Waals surface area contributed by atoms with Gasteiger partial charge in [-0.05, 0) is 30.7 Å². The number of hydrogen-bond donors (Lipinski definition) is 2. The highest BCUT2D eigenvalue weighted by Gasteiger charge is 2.22. The number of halogens is 1. The Morgan fingerprint density at radius 2 is 2.06 bits per heavy atom. The fraction of sp³-hybridized carbons (Fsp3) is 0.348. The standard InChI is InChI=1S/C23H26FN5O2/c1-3-28-15-18(23(31)26-14-16-5-4-6-25-13-16)22(30)17-11-19(24)21(12-20(17)28)29-9-7-27(2)8-10-29/h4-6,11-13,15H,3,7-10,14H2,1-2H3,(H,26,31)/p+1. The van der Waals surface area contributed by atoms with Crippen molar-refractivity contribution < 1.29 is 14.1 Å². The largest absolute Gasteiger partial charge is 0.358 e. The highest BCUT2D eigenvalue weighted by Crippen LogP contribution is 2.25. The molecule has 0 atom stereocenters. The van der Waals surface area contributed by atoms with Crippen molar-refractivity contribution >= 4 is 22.5 Å². The van der Waals surface area contributed by atoms with Gasteiger partial charge in [-0.1, -0.05) is 6.07 Å². The summed E-state index contributed by atoms with van der Waals surface area (Å²) in [7, 11) is 2.13. The van der Waals surface area contributed by atoms with Crippen molar-refractivity contribution in [3.05, 3.63) is 70.0 Å². The second kappa shape index (κ2) is 8.85. The maximum Gasteiger partial charge on any atom is 0.257 e. The Balaban J connectivity index is 1.69. The van der Waals surface area contributed by atoms with Gasteiger partial charge in [-0.15, -0.1) is 0 Å². The molecule has 1 amide bonds. The SMILES string of the molecule is CCn1cc(C(=O)NCc2cccnc2)c(=O)c2cc(F)c(N3CC[NH+](C)CC3)cc21. The van der Waals surface area contributed by atoms with E-state index >= 15 is 4.39 Å². The summed E-state index contributed by atoms with van der Waals surface area (Å²) >= 11 is 0. The quantitative estimate of drug-likeness (QED) is 0.636. The molecule has 0 unspecified atom stereocenters. The fourth-order valence-corrected chi connectivity index (χ4v) is 3.97. The van der Waals surface area contributed by atoms with Gasteiger partial charge in [-0.2, -0.15) is 0 Å². The zero-order chi connectivity index (χ0) is 22.0. The number of hydrogen-bond acceptors (Lipinski definition) is 4. The number of anilines is 1. The first-order valence-electron chi connectivity index (χ1n) is 10.6. The Morgan fingerprint density at radius 1 is 1.29 bits per heavy atom. The molecule has 0 bridgehead atoms. The number of piperazine rings is 1. The number of carbonyl (C=O) groups is 1. The third-order valence-corrected chi connectivity index (χ3v) is 5.87. The van der Waals surface area contributed by atoms with E-state index in [4.69, 9.17) is 0 Å². The third kappa shape index (κ3) is 4.29. The van der Waals surface area contributed by atoms with Gasteiger partial charge in [0.05, 0.1) is 44.4 Å². The van der Waals surface area contributed by atoms with Gasteiger partial charge in [-0.25, -0.2) is 4.39 Å². The first-order chi connectivity index (χ1) is 15.0. The van der Waals surface area contributed by atoms with E-state index in [2.05, 4.69) is 17.3 Å². The van der Waals surface area contributed by atoms with Crippen LogP contribution in [0.3, 0.4) is 0 Å². The van der Waals surface area contributed by atoms with E-state index in [1.165, 1.54) is 11.0 Å². The molecule has 162 valence electrons. The van der Waals surface area contributed by atoms with E-state index in [0.29, 0.717) is 17.7 Å². The van der Waals surface area contributed by atoms with Crippen LogP contribution in [0.1, 0.15) is 22.8 Å². The van der Waals surface area contributed by atoms with Crippen LogP contribution in [-0.2, 0) is 13.1 Å². The minimum absolute atomic E-state index is 0.00795. The van der Waals surface area contributed by atoms with E-state index < -0.39 is 17.2 Å². The molecule has 8 heteroatoms. The van der Waals surface area contributed by atoms with Gasteiger partial charge in [-0.3, -0.25) is 14.6 Å². The van der Waals surface area contributed by atoms with Crippen molar-refractivity contribution in [1.82, 2.24) is 14.9 Å². The lowest BCUT2D eigenvalue weighted by molar-refractivity contribution is -0.880. The van der Waals surface area contributed by atoms with Crippen LogP contribution >= 0.6 is 0 Å². The number of quaternary nitrogens is 1. The molecule has 7 nitrogen and oxygen atoms in total. The highest BCUT2D eigenvalue weighted by molar-refractivity contribution is 5.97. The predicted octanol–water partition coefficient (Wildman–Crippen LogP) is 0.820. The van der Waals surface area contributed by atoms with E-state index in [1.54, 1.807) is 30.7 Å². The molecule has 0 aliphatic carbocycles. The summed E-state index contributed by atoms with van der Waals surface area (Å²) in [6, 6.07) is 6.65. The van der Waals surface area contributed by atoms with Gasteiger partial charge < -0.3 is 19.7 Å². The summed E-state index contributed by atoms with van der Waals surface area (Å²) in [6.07, 6.45) is 4.88. The number of likely N-dealkylation sites (N-methyl/N-ethyl adjacent to an activating group) is 1. The number of rotatable bonds is 5. The molecule has 1 aliphatic rings. The van der Waals surface area contributed by atoms with Gasteiger partial charge in [0.25, 0.3) is 5.91 Å². The molecule has 1 aromatic carbocycles. The molecule has 1 saturated heterocycles. The number of benzene rings is 1. The molecule has 3 heterocycles. The van der Waals surface area contributed by atoms with Crippen LogP contribution < -0.4 is 20.5 Å². The van der Waals surface area contributed by atoms with Crippen LogP contribution in [0.25, 0.3) is 10.9 Å². The molecule has 1 aliphatic heterocycles. The summed E-state index contributed by atoms with van der Waals surface area (Å²) in [5.74, 6) is -0.913. The normalized spacial score (nSPS) is 14.7. The molecular weight excluding hydrogens is 397 g/mol. The summed E-state index contributed by atoms with van der Waals surface area (Å²) in [4.78, 5) is 33.3. The van der Waals surface area contributed by atoms with E-state index in [0.717, 1.165) is 31.7 Å². The molecule has 2 aromatic heterocycles. The van der Waals surface area contributed by atoms with Crippen molar-refractivity contribution in [3.63, 3.8) is 0 Å². The van der Waals surface area contributed by atoms with Gasteiger partial charge in [0.2, 0.25) is 5.43 Å². The van der Waals surface area contributed by atoms with Crippen molar-refractivity contribution in [3.8, 4) is 0 Å². The lowest BCUT2D eigenvalue weighted by Gasteiger charge is -2.32. The van der Waals surface area contributed by atoms with Crippen molar-refractivity contribution in [2.24, 2.45) is 0 Å². The highest BCUT2D eigenvalue weighted by atomic mass is 19.1. The lowest BCUT2D eigenvalue weighted by atomic mass is 10.1. The Bertz CT molecular complexity index is 1150. The number of aromatic nitrogens is 2. The first-order valence-corrected chi connectivity index (χ1v) is 10.6. The number of aryl methyl sites for hydroxylation is 1. The van der Waals surface area contributed by atoms with Crippen LogP contribution in [0.4, 0.5) is 10.1 Å². The van der Waals surface area contributed by atoms with Crippen molar-refractivity contribution in [2.75, 3.05) is 38.1 Å². The number of nitrogens with one attached hydrogen (secondary N) is 2. The zero-order valence-electron chi connectivity index (χ0n) is 17.8. The number of pyridine rings is 2. The number of nitrogens with zero attached hydrogens (tertiary/aromatic N) is 3. The first kappa shape index (κ1) is 21.0. The van der Waals surface area contributed by atoms with Crippen molar-refractivity contribution in [2.45, 2.75) is 20.0 Å². The molecule has 2 N–H and O–H groups in total. The van der Waals surface area contributed by atoms with E-state index in [9.17, 15) is 9.59 Å². The number of carbonyl (C=O) groups excluding carboxylic acids is 1. The fourth-order valence-electron chi connectivity index (χ4n) is 3.97. The average Bonchev–Trinajstić information content (AvgIpc) is 2.79. The topological polar surface area (TPSA) is 71.7 Å². The maximum absolute atomic E-state index is 15.0. The molecule has 0 spiro atoms. The second-order valence-corrected chi connectivity index (χ2v) is 7.97. The predicted molar refractivity (Wildman–Crippen MR) is 118 cm³/mol. The van der Waals surface area contributed by atoms with Crippen LogP contribution in [0.2, 0.25) is 0 Å². The zero-order valence-corrected chi connectivity index (χ0v) is 17.8. The van der Waals surface area contributed by atoms with Gasteiger partial charge in [0.15, 0.2) is 0 Å². The van der Waals surface area contributed by atoms with Gasteiger partial charge in [0, 0.05) is 37.1 Å². The van der Waals surface area contributed by atoms with E-state index in [1.807, 2.05) is 22.5 Å². The summed E-state index contributed by atoms with van der Waals surface area (Å²) < 4.78 is 16.8. The smallest absolute Gasteiger partial charge is 0.257 e. The number of amides is 1. The summed E-state index contributed by atoms with van der Waals surface area (Å²) in [5, 5.41) is 2.98. The minimum atomic E-state index is -0.482. The van der Waals surface area contributed by atoms with E-state index in [-0.39, 0.29) is 17.5 Å². The molecule has 0 radical (unpaired) electrons. The third-order valence-electron chi connectivity index (χ3n) is 5.87. The van der Waals surface area contributed by atoms with Crippen molar-refractivity contribution in [1.29, 1.82) is 0 Å². The lowest BCUT2D eigenvalue weighted by Crippen LogP contribution is -3.12. The summed E-state index contributed by atoms with van der Waals surface area (Å²) in [6.45, 7) is 6.15. The van der Waals surface area contributed by atoms with Gasteiger partial charge in [0.1, 0.15) is 11.4 Å². The van der Waals surface area contributed by atoms with Crippen LogP contribution in [0.5, 0.6) is 0 Å². The minimum Gasteiger partial charge on any atom is -0.358 e. The average molecular weight is 425 g/mol. The molecule has 4 rings (SSSR count). The Labute approximate surface area is 180 Å². The van der Waals surface area contributed by atoms with Crippen LogP contribution in [0.15, 0.2) is 47.7 Å². The number of fused-ring (bicyclic) bond motifs is 1. The molecule has 1 fully saturated rings.